The van der Waals surface area contributed by atoms with E-state index in [-0.39, 0.29) is 11.5 Å². The van der Waals surface area contributed by atoms with Crippen molar-refractivity contribution in [1.29, 1.82) is 0 Å². The van der Waals surface area contributed by atoms with E-state index >= 15 is 0 Å². The van der Waals surface area contributed by atoms with Gasteiger partial charge < -0.3 is 14.2 Å². The van der Waals surface area contributed by atoms with Crippen LogP contribution < -0.4 is 18.5 Å². The van der Waals surface area contributed by atoms with Gasteiger partial charge >= 0.3 is 0 Å². The third-order valence-corrected chi connectivity index (χ3v) is 6.23. The van der Waals surface area contributed by atoms with Gasteiger partial charge in [0, 0.05) is 13.1 Å². The number of aromatic nitrogens is 5. The average Bonchev–Trinajstić information content (AvgIpc) is 3.21. The molecule has 11 nitrogen and oxygen atoms in total. The van der Waals surface area contributed by atoms with Crippen molar-refractivity contribution in [3.05, 3.63) is 42.6 Å². The van der Waals surface area contributed by atoms with Crippen LogP contribution in [0.1, 0.15) is 6.92 Å². The molecule has 0 saturated heterocycles. The highest BCUT2D eigenvalue weighted by Crippen LogP contribution is 2.38. The van der Waals surface area contributed by atoms with Gasteiger partial charge in [-0.25, -0.2) is 28.4 Å². The summed E-state index contributed by atoms with van der Waals surface area (Å²) in [6.07, 6.45) is 2.45. The van der Waals surface area contributed by atoms with E-state index in [9.17, 15) is 8.42 Å². The number of imidazole rings is 1. The number of para-hydroxylation sites is 1. The lowest BCUT2D eigenvalue weighted by Gasteiger charge is -2.17. The number of nitrogens with zero attached hydrogens (tertiary/aromatic N) is 6. The summed E-state index contributed by atoms with van der Waals surface area (Å²) in [5.74, 6) is 1.95. The first kappa shape index (κ1) is 23.2. The van der Waals surface area contributed by atoms with Crippen molar-refractivity contribution < 1.29 is 22.6 Å². The van der Waals surface area contributed by atoms with Crippen molar-refractivity contribution in [3.8, 4) is 34.6 Å². The van der Waals surface area contributed by atoms with Crippen LogP contribution in [-0.4, -0.2) is 67.1 Å². The Kier molecular flexibility index (Phi) is 6.24. The van der Waals surface area contributed by atoms with E-state index in [0.29, 0.717) is 46.8 Å². The number of hydrogen-bond donors (Lipinski definition) is 0. The number of anilines is 1. The first-order valence-electron chi connectivity index (χ1n) is 10.3. The standard InChI is InChI=1S/C22H24N6O5S/c1-6-33-18-12-7-9-14(24-18)21-26-20-22(25-17(13-23-20)27(2)34(5,29)30)28(21)19-15(31-3)10-8-11-16(19)32-4/h7-13H,6H2,1-5H3. The highest BCUT2D eigenvalue weighted by molar-refractivity contribution is 7.92. The minimum atomic E-state index is -3.56. The molecule has 12 heteroatoms. The minimum absolute atomic E-state index is 0.132. The molecule has 0 unspecified atom stereocenters. The lowest BCUT2D eigenvalue weighted by atomic mass is 10.2. The zero-order valence-electron chi connectivity index (χ0n) is 19.4. The first-order chi connectivity index (χ1) is 16.3. The van der Waals surface area contributed by atoms with Crippen LogP contribution in [0.15, 0.2) is 42.6 Å². The second-order valence-corrected chi connectivity index (χ2v) is 9.20. The molecule has 0 amide bonds. The molecule has 0 saturated carbocycles. The van der Waals surface area contributed by atoms with Crippen LogP contribution in [-0.2, 0) is 10.0 Å². The van der Waals surface area contributed by atoms with Crippen molar-refractivity contribution in [3.63, 3.8) is 0 Å². The summed E-state index contributed by atoms with van der Waals surface area (Å²) >= 11 is 0. The van der Waals surface area contributed by atoms with E-state index in [1.54, 1.807) is 55.2 Å². The molecule has 0 fully saturated rings. The molecule has 0 radical (unpaired) electrons. The monoisotopic (exact) mass is 484 g/mol. The molecule has 0 aliphatic heterocycles. The summed E-state index contributed by atoms with van der Waals surface area (Å²) in [6, 6.07) is 10.7. The molecule has 0 aliphatic carbocycles. The Balaban J connectivity index is 2.09. The summed E-state index contributed by atoms with van der Waals surface area (Å²) in [7, 11) is 0.927. The topological polar surface area (TPSA) is 122 Å². The van der Waals surface area contributed by atoms with Crippen LogP contribution in [0.2, 0.25) is 0 Å². The maximum Gasteiger partial charge on any atom is 0.233 e. The van der Waals surface area contributed by atoms with Gasteiger partial charge in [-0.15, -0.1) is 0 Å². The number of hydrogen-bond acceptors (Lipinski definition) is 9. The Morgan fingerprint density at radius 1 is 1.00 bits per heavy atom. The molecule has 0 bridgehead atoms. The molecule has 178 valence electrons. The van der Waals surface area contributed by atoms with Gasteiger partial charge in [0.05, 0.1) is 33.3 Å². The molecule has 0 atom stereocenters. The van der Waals surface area contributed by atoms with E-state index < -0.39 is 10.0 Å². The van der Waals surface area contributed by atoms with Gasteiger partial charge in [0.1, 0.15) is 22.9 Å². The van der Waals surface area contributed by atoms with Crippen molar-refractivity contribution >= 4 is 27.1 Å². The molecular formula is C22H24N6O5S. The van der Waals surface area contributed by atoms with Crippen molar-refractivity contribution in [2.45, 2.75) is 6.92 Å². The molecule has 4 aromatic rings. The van der Waals surface area contributed by atoms with Crippen LogP contribution >= 0.6 is 0 Å². The van der Waals surface area contributed by atoms with Crippen molar-refractivity contribution in [2.75, 3.05) is 38.4 Å². The fourth-order valence-corrected chi connectivity index (χ4v) is 3.80. The van der Waals surface area contributed by atoms with Gasteiger partial charge in [0.15, 0.2) is 22.9 Å². The number of pyridine rings is 1. The minimum Gasteiger partial charge on any atom is -0.494 e. The molecule has 3 aromatic heterocycles. The van der Waals surface area contributed by atoms with Gasteiger partial charge in [-0.05, 0) is 25.1 Å². The number of fused-ring (bicyclic) bond motifs is 1. The van der Waals surface area contributed by atoms with Gasteiger partial charge in [-0.1, -0.05) is 12.1 Å². The Morgan fingerprint density at radius 2 is 1.68 bits per heavy atom. The average molecular weight is 485 g/mol. The zero-order valence-corrected chi connectivity index (χ0v) is 20.2. The van der Waals surface area contributed by atoms with Crippen molar-refractivity contribution in [2.24, 2.45) is 0 Å². The quantitative estimate of drug-likeness (QED) is 0.371. The molecule has 0 N–H and O–H groups in total. The molecule has 3 heterocycles. The molecule has 0 aliphatic rings. The highest BCUT2D eigenvalue weighted by atomic mass is 32.2. The summed E-state index contributed by atoms with van der Waals surface area (Å²) in [5, 5.41) is 0. The van der Waals surface area contributed by atoms with E-state index in [0.717, 1.165) is 10.6 Å². The van der Waals surface area contributed by atoms with Crippen LogP contribution in [0.25, 0.3) is 28.5 Å². The largest absolute Gasteiger partial charge is 0.494 e. The van der Waals surface area contributed by atoms with E-state index in [2.05, 4.69) is 19.9 Å². The number of sulfonamides is 1. The third kappa shape index (κ3) is 4.19. The number of methoxy groups -OCH3 is 2. The molecule has 4 rings (SSSR count). The Morgan fingerprint density at radius 3 is 2.29 bits per heavy atom. The van der Waals surface area contributed by atoms with Crippen LogP contribution in [0.4, 0.5) is 5.82 Å². The second-order valence-electron chi connectivity index (χ2n) is 7.18. The highest BCUT2D eigenvalue weighted by Gasteiger charge is 2.25. The number of ether oxygens (including phenoxy) is 3. The lowest BCUT2D eigenvalue weighted by Crippen LogP contribution is -2.26. The summed E-state index contributed by atoms with van der Waals surface area (Å²) in [4.78, 5) is 18.2. The summed E-state index contributed by atoms with van der Waals surface area (Å²) in [5.41, 5.74) is 1.60. The van der Waals surface area contributed by atoms with Gasteiger partial charge in [0.2, 0.25) is 15.9 Å². The summed E-state index contributed by atoms with van der Waals surface area (Å²) in [6.45, 7) is 2.33. The lowest BCUT2D eigenvalue weighted by molar-refractivity contribution is 0.327. The SMILES string of the molecule is CCOc1cccc(-c2nc3ncc(N(C)S(C)(=O)=O)nc3n2-c2c(OC)cccc2OC)n1. The number of benzene rings is 1. The first-order valence-corrected chi connectivity index (χ1v) is 12.1. The zero-order chi connectivity index (χ0) is 24.5. The summed E-state index contributed by atoms with van der Waals surface area (Å²) < 4.78 is 43.8. The smallest absolute Gasteiger partial charge is 0.233 e. The van der Waals surface area contributed by atoms with Crippen LogP contribution in [0.3, 0.4) is 0 Å². The fraction of sp³-hybridized carbons (Fsp3) is 0.273. The predicted octanol–water partition coefficient (Wildman–Crippen LogP) is 2.69. The Hall–Kier alpha value is -3.93. The van der Waals surface area contributed by atoms with Crippen LogP contribution in [0, 0.1) is 0 Å². The Labute approximate surface area is 197 Å². The normalized spacial score (nSPS) is 11.4. The van der Waals surface area contributed by atoms with E-state index in [1.165, 1.54) is 13.2 Å². The molecule has 0 spiro atoms. The third-order valence-electron chi connectivity index (χ3n) is 5.05. The van der Waals surface area contributed by atoms with E-state index in [1.807, 2.05) is 6.92 Å². The van der Waals surface area contributed by atoms with Gasteiger partial charge in [-0.3, -0.25) is 8.87 Å². The maximum absolute atomic E-state index is 12.1. The van der Waals surface area contributed by atoms with Gasteiger partial charge in [0.25, 0.3) is 0 Å². The fourth-order valence-electron chi connectivity index (χ4n) is 3.37. The number of rotatable bonds is 8. The Bertz CT molecular complexity index is 1430. The predicted molar refractivity (Wildman–Crippen MR) is 127 cm³/mol. The molecule has 34 heavy (non-hydrogen) atoms. The molecule has 1 aromatic carbocycles. The second kappa shape index (κ2) is 9.14. The van der Waals surface area contributed by atoms with Gasteiger partial charge in [-0.2, -0.15) is 0 Å². The van der Waals surface area contributed by atoms with Crippen LogP contribution in [0.5, 0.6) is 17.4 Å². The van der Waals surface area contributed by atoms with E-state index in [4.69, 9.17) is 14.2 Å². The van der Waals surface area contributed by atoms with Crippen molar-refractivity contribution in [1.82, 2.24) is 24.5 Å². The maximum atomic E-state index is 12.1. The molecular weight excluding hydrogens is 460 g/mol.